The van der Waals surface area contributed by atoms with E-state index in [2.05, 4.69) is 46.2 Å². The van der Waals surface area contributed by atoms with Crippen LogP contribution in [-0.4, -0.2) is 56.7 Å². The summed E-state index contributed by atoms with van der Waals surface area (Å²) in [5, 5.41) is 5.12. The Morgan fingerprint density at radius 2 is 1.62 bits per heavy atom. The van der Waals surface area contributed by atoms with Crippen LogP contribution in [0.25, 0.3) is 6.08 Å². The molecular weight excluding hydrogens is 422 g/mol. The molecule has 1 saturated heterocycles. The van der Waals surface area contributed by atoms with Gasteiger partial charge in [-0.05, 0) is 43.2 Å². The van der Waals surface area contributed by atoms with Crippen molar-refractivity contribution >= 4 is 23.6 Å². The van der Waals surface area contributed by atoms with Crippen molar-refractivity contribution in [1.82, 2.24) is 24.6 Å². The Labute approximate surface area is 194 Å². The molecule has 0 spiro atoms. The van der Waals surface area contributed by atoms with Crippen molar-refractivity contribution in [3.63, 3.8) is 0 Å². The van der Waals surface area contributed by atoms with E-state index in [-0.39, 0.29) is 5.91 Å². The predicted octanol–water partition coefficient (Wildman–Crippen LogP) is 3.95. The van der Waals surface area contributed by atoms with Crippen LogP contribution < -0.4 is 0 Å². The highest BCUT2D eigenvalue weighted by Crippen LogP contribution is 2.22. The first kappa shape index (κ1) is 22.2. The topological polar surface area (TPSA) is 54.3 Å². The van der Waals surface area contributed by atoms with Crippen molar-refractivity contribution in [3.8, 4) is 0 Å². The molecule has 3 aromatic rings. The van der Waals surface area contributed by atoms with E-state index in [0.717, 1.165) is 36.5 Å². The summed E-state index contributed by atoms with van der Waals surface area (Å²) in [6, 6.07) is 12.4. The first-order chi connectivity index (χ1) is 15.5. The molecule has 166 valence electrons. The van der Waals surface area contributed by atoms with E-state index in [4.69, 9.17) is 11.6 Å². The summed E-state index contributed by atoms with van der Waals surface area (Å²) in [7, 11) is 0. The molecule has 0 saturated carbocycles. The fourth-order valence-corrected chi connectivity index (χ4v) is 4.16. The summed E-state index contributed by atoms with van der Waals surface area (Å²) in [6.45, 7) is 8.61. The standard InChI is InChI=1S/C25H28ClN5O/c1-19-3-5-21(6-4-19)18-31-25(26)23(20(2)28-31)7-8-24(32)30-15-13-29(14-16-30)17-22-9-11-27-12-10-22/h3-12H,13-18H2,1-2H3/b8-7+. The predicted molar refractivity (Wildman–Crippen MR) is 127 cm³/mol. The molecular formula is C25H28ClN5O. The molecule has 0 unspecified atom stereocenters. The molecule has 3 heterocycles. The van der Waals surface area contributed by atoms with Crippen LogP contribution in [0.4, 0.5) is 0 Å². The third-order valence-corrected chi connectivity index (χ3v) is 6.19. The zero-order valence-electron chi connectivity index (χ0n) is 18.5. The molecule has 6 nitrogen and oxygen atoms in total. The summed E-state index contributed by atoms with van der Waals surface area (Å²) in [6.07, 6.45) is 7.04. The number of aromatic nitrogens is 3. The molecule has 7 heteroatoms. The molecule has 1 aliphatic heterocycles. The third-order valence-electron chi connectivity index (χ3n) is 5.79. The van der Waals surface area contributed by atoms with E-state index < -0.39 is 0 Å². The van der Waals surface area contributed by atoms with Crippen LogP contribution in [0.15, 0.2) is 54.9 Å². The molecule has 0 radical (unpaired) electrons. The highest BCUT2D eigenvalue weighted by Gasteiger charge is 2.20. The summed E-state index contributed by atoms with van der Waals surface area (Å²) >= 11 is 6.59. The number of benzene rings is 1. The summed E-state index contributed by atoms with van der Waals surface area (Å²) in [5.74, 6) is 0.00955. The number of carbonyl (C=O) groups is 1. The fourth-order valence-electron chi connectivity index (χ4n) is 3.86. The molecule has 1 aromatic carbocycles. The van der Waals surface area contributed by atoms with Crippen LogP contribution in [0.5, 0.6) is 0 Å². The van der Waals surface area contributed by atoms with Gasteiger partial charge in [-0.2, -0.15) is 5.10 Å². The van der Waals surface area contributed by atoms with E-state index in [0.29, 0.717) is 24.8 Å². The van der Waals surface area contributed by atoms with Gasteiger partial charge in [0.25, 0.3) is 0 Å². The lowest BCUT2D eigenvalue weighted by Gasteiger charge is -2.34. The Morgan fingerprint density at radius 1 is 0.969 bits per heavy atom. The van der Waals surface area contributed by atoms with Gasteiger partial charge in [0.1, 0.15) is 5.15 Å². The maximum Gasteiger partial charge on any atom is 0.246 e. The van der Waals surface area contributed by atoms with Crippen molar-refractivity contribution in [2.24, 2.45) is 0 Å². The number of pyridine rings is 1. The van der Waals surface area contributed by atoms with Crippen LogP contribution in [-0.2, 0) is 17.9 Å². The molecule has 0 aliphatic carbocycles. The van der Waals surface area contributed by atoms with Crippen LogP contribution in [0.1, 0.15) is 27.9 Å². The number of rotatable bonds is 6. The zero-order valence-corrected chi connectivity index (χ0v) is 19.3. The molecule has 1 amide bonds. The van der Waals surface area contributed by atoms with Gasteiger partial charge in [0.05, 0.1) is 12.2 Å². The average molecular weight is 450 g/mol. The fraction of sp³-hybridized carbons (Fsp3) is 0.320. The van der Waals surface area contributed by atoms with Gasteiger partial charge >= 0.3 is 0 Å². The smallest absolute Gasteiger partial charge is 0.246 e. The highest BCUT2D eigenvalue weighted by atomic mass is 35.5. The molecule has 32 heavy (non-hydrogen) atoms. The summed E-state index contributed by atoms with van der Waals surface area (Å²) in [4.78, 5) is 21.0. The van der Waals surface area contributed by atoms with Gasteiger partial charge in [0.15, 0.2) is 0 Å². The van der Waals surface area contributed by atoms with Gasteiger partial charge < -0.3 is 4.90 Å². The van der Waals surface area contributed by atoms with Crippen LogP contribution in [0, 0.1) is 13.8 Å². The van der Waals surface area contributed by atoms with Crippen LogP contribution in [0.2, 0.25) is 5.15 Å². The minimum absolute atomic E-state index is 0.00955. The van der Waals surface area contributed by atoms with Gasteiger partial charge in [-0.1, -0.05) is 41.4 Å². The Bertz CT molecular complexity index is 1080. The highest BCUT2D eigenvalue weighted by molar-refractivity contribution is 6.31. The molecule has 1 fully saturated rings. The lowest BCUT2D eigenvalue weighted by molar-refractivity contribution is -0.127. The van der Waals surface area contributed by atoms with E-state index >= 15 is 0 Å². The van der Waals surface area contributed by atoms with E-state index in [1.807, 2.05) is 36.4 Å². The minimum Gasteiger partial charge on any atom is -0.337 e. The number of piperazine rings is 1. The van der Waals surface area contributed by atoms with E-state index in [1.165, 1.54) is 11.1 Å². The lowest BCUT2D eigenvalue weighted by atomic mass is 10.1. The number of aryl methyl sites for hydroxylation is 2. The van der Waals surface area contributed by atoms with Crippen molar-refractivity contribution in [1.29, 1.82) is 0 Å². The number of carbonyl (C=O) groups excluding carboxylic acids is 1. The second-order valence-corrected chi connectivity index (χ2v) is 8.58. The Balaban J connectivity index is 1.34. The van der Waals surface area contributed by atoms with E-state index in [1.54, 1.807) is 16.8 Å². The maximum atomic E-state index is 12.7. The molecule has 1 aliphatic rings. The number of hydrogen-bond acceptors (Lipinski definition) is 4. The number of nitrogens with zero attached hydrogens (tertiary/aromatic N) is 5. The normalized spacial score (nSPS) is 14.9. The quantitative estimate of drug-likeness (QED) is 0.534. The third kappa shape index (κ3) is 5.44. The SMILES string of the molecule is Cc1ccc(Cn2nc(C)c(/C=C/C(=O)N3CCN(Cc4ccncc4)CC3)c2Cl)cc1. The Morgan fingerprint density at radius 3 is 2.31 bits per heavy atom. The lowest BCUT2D eigenvalue weighted by Crippen LogP contribution is -2.47. The number of halogens is 1. The molecule has 4 rings (SSSR count). The van der Waals surface area contributed by atoms with Gasteiger partial charge in [-0.3, -0.25) is 14.7 Å². The largest absolute Gasteiger partial charge is 0.337 e. The van der Waals surface area contributed by atoms with Crippen molar-refractivity contribution in [2.75, 3.05) is 26.2 Å². The molecule has 0 bridgehead atoms. The number of hydrogen-bond donors (Lipinski definition) is 0. The van der Waals surface area contributed by atoms with Crippen molar-refractivity contribution < 1.29 is 4.79 Å². The minimum atomic E-state index is 0.00955. The van der Waals surface area contributed by atoms with E-state index in [9.17, 15) is 4.79 Å². The van der Waals surface area contributed by atoms with Gasteiger partial charge in [0, 0.05) is 56.8 Å². The average Bonchev–Trinajstić information content (AvgIpc) is 3.07. The van der Waals surface area contributed by atoms with Crippen LogP contribution in [0.3, 0.4) is 0 Å². The van der Waals surface area contributed by atoms with Crippen molar-refractivity contribution in [2.45, 2.75) is 26.9 Å². The maximum absolute atomic E-state index is 12.7. The first-order valence-electron chi connectivity index (χ1n) is 10.9. The number of amides is 1. The second kappa shape index (κ2) is 10.1. The van der Waals surface area contributed by atoms with Crippen LogP contribution >= 0.6 is 11.6 Å². The summed E-state index contributed by atoms with van der Waals surface area (Å²) in [5.41, 5.74) is 5.21. The summed E-state index contributed by atoms with van der Waals surface area (Å²) < 4.78 is 1.78. The monoisotopic (exact) mass is 449 g/mol. The zero-order chi connectivity index (χ0) is 22.5. The van der Waals surface area contributed by atoms with Crippen molar-refractivity contribution in [3.05, 3.63) is 88.0 Å². The van der Waals surface area contributed by atoms with Gasteiger partial charge in [0.2, 0.25) is 5.91 Å². The molecule has 2 aromatic heterocycles. The molecule has 0 N–H and O–H groups in total. The van der Waals surface area contributed by atoms with Gasteiger partial charge in [-0.15, -0.1) is 0 Å². The Hall–Kier alpha value is -2.96. The Kier molecular flexibility index (Phi) is 7.02. The second-order valence-electron chi connectivity index (χ2n) is 8.22. The first-order valence-corrected chi connectivity index (χ1v) is 11.2. The molecule has 0 atom stereocenters. The van der Waals surface area contributed by atoms with Gasteiger partial charge in [-0.25, -0.2) is 4.68 Å².